The zero-order chi connectivity index (χ0) is 54.7. The van der Waals surface area contributed by atoms with Crippen LogP contribution in [0.25, 0.3) is 0 Å². The predicted octanol–water partition coefficient (Wildman–Crippen LogP) is 16.0. The monoisotopic (exact) mass is 1060 g/mol. The minimum atomic E-state index is -1.90. The van der Waals surface area contributed by atoms with Crippen molar-refractivity contribution in [3.63, 3.8) is 0 Å². The molecule has 75 heavy (non-hydrogen) atoms. The van der Waals surface area contributed by atoms with Gasteiger partial charge in [-0.3, -0.25) is 14.4 Å². The Bertz CT molecular complexity index is 1450. The third-order valence-electron chi connectivity index (χ3n) is 14.2. The van der Waals surface area contributed by atoms with Gasteiger partial charge in [0.2, 0.25) is 0 Å². The summed E-state index contributed by atoms with van der Waals surface area (Å²) < 4.78 is 28.4. The Morgan fingerprint density at radius 3 is 1.24 bits per heavy atom. The molecule has 436 valence electrons. The number of aliphatic hydroxyl groups excluding tert-OH is 2. The van der Waals surface area contributed by atoms with E-state index in [9.17, 15) is 34.5 Å². The number of allylic oxidation sites excluding steroid dienone is 6. The number of carboxylic acid groups (broad SMARTS) is 1. The summed E-state index contributed by atoms with van der Waals surface area (Å²) in [5.74, 6) is -3.11. The predicted molar refractivity (Wildman–Crippen MR) is 303 cm³/mol. The highest BCUT2D eigenvalue weighted by atomic mass is 16.7. The Balaban J connectivity index is 2.64. The van der Waals surface area contributed by atoms with Crippen molar-refractivity contribution < 1.29 is 58.2 Å². The zero-order valence-corrected chi connectivity index (χ0v) is 48.1. The van der Waals surface area contributed by atoms with E-state index in [2.05, 4.69) is 57.2 Å². The number of hydrogen-bond donors (Lipinski definition) is 3. The SMILES string of the molecule is CCCCC/C=C\C/C=C\CCCCCCCC(=O)OCC(COC1OC(C(=O)O)C(O)C(O)C1OC(=O)CCCCCCCCCCC/C=C\CCCCCCCC)OC(=O)CCCCCCCCCCCCC. The molecule has 0 amide bonds. The van der Waals surface area contributed by atoms with Gasteiger partial charge in [0.1, 0.15) is 18.8 Å². The molecule has 1 saturated heterocycles. The summed E-state index contributed by atoms with van der Waals surface area (Å²) in [5, 5.41) is 31.5. The van der Waals surface area contributed by atoms with Crippen molar-refractivity contribution >= 4 is 23.9 Å². The number of esters is 3. The fourth-order valence-corrected chi connectivity index (χ4v) is 9.39. The molecule has 0 aromatic carbocycles. The Hall–Kier alpha value is -3.06. The number of carbonyl (C=O) groups is 4. The maximum absolute atomic E-state index is 13.1. The Morgan fingerprint density at radius 1 is 0.440 bits per heavy atom. The van der Waals surface area contributed by atoms with Gasteiger partial charge >= 0.3 is 23.9 Å². The van der Waals surface area contributed by atoms with Crippen LogP contribution < -0.4 is 0 Å². The molecule has 0 spiro atoms. The lowest BCUT2D eigenvalue weighted by Crippen LogP contribution is -2.61. The number of aliphatic carboxylic acids is 1. The van der Waals surface area contributed by atoms with Crippen LogP contribution in [0.1, 0.15) is 290 Å². The van der Waals surface area contributed by atoms with Gasteiger partial charge in [-0.15, -0.1) is 0 Å². The lowest BCUT2D eigenvalue weighted by atomic mass is 9.98. The fourth-order valence-electron chi connectivity index (χ4n) is 9.39. The van der Waals surface area contributed by atoms with E-state index in [4.69, 9.17) is 23.7 Å². The molecular weight excluding hydrogens is 949 g/mol. The number of aliphatic hydroxyl groups is 2. The average molecular weight is 1060 g/mol. The lowest BCUT2D eigenvalue weighted by Gasteiger charge is -2.40. The molecule has 1 fully saturated rings. The molecule has 6 unspecified atom stereocenters. The summed E-state index contributed by atoms with van der Waals surface area (Å²) in [6, 6.07) is 0. The molecule has 0 bridgehead atoms. The normalized spacial score (nSPS) is 18.3. The van der Waals surface area contributed by atoms with Crippen molar-refractivity contribution in [2.75, 3.05) is 13.2 Å². The van der Waals surface area contributed by atoms with Crippen LogP contribution in [0, 0.1) is 0 Å². The van der Waals surface area contributed by atoms with Crippen LogP contribution in [0.3, 0.4) is 0 Å². The van der Waals surface area contributed by atoms with Gasteiger partial charge in [0.05, 0.1) is 6.61 Å². The van der Waals surface area contributed by atoms with Gasteiger partial charge in [0, 0.05) is 19.3 Å². The van der Waals surface area contributed by atoms with E-state index in [-0.39, 0.29) is 25.9 Å². The van der Waals surface area contributed by atoms with E-state index in [1.165, 1.54) is 135 Å². The van der Waals surface area contributed by atoms with Gasteiger partial charge in [-0.1, -0.05) is 231 Å². The molecule has 3 N–H and O–H groups in total. The molecule has 0 saturated carbocycles. The summed E-state index contributed by atoms with van der Waals surface area (Å²) in [6.45, 7) is 5.97. The second-order valence-corrected chi connectivity index (χ2v) is 21.3. The second kappa shape index (κ2) is 51.7. The van der Waals surface area contributed by atoms with Gasteiger partial charge in [-0.2, -0.15) is 0 Å². The number of rotatable bonds is 53. The first kappa shape index (κ1) is 70.0. The van der Waals surface area contributed by atoms with Crippen molar-refractivity contribution in [1.29, 1.82) is 0 Å². The standard InChI is InChI=1S/C63H112O12/c1-4-7-10-13-16-19-22-24-26-27-28-29-31-33-36-39-42-45-48-51-57(66)74-61-59(68)58(67)60(62(69)70)75-63(61)72-53-54(73-56(65)50-47-44-41-38-34-21-18-15-12-9-6-3)52-71-55(64)49-46-43-40-37-35-32-30-25-23-20-17-14-11-8-5-2/h17,20,24-26,30,54,58-61,63,67-68H,4-16,18-19,21-23,27-29,31-53H2,1-3H3,(H,69,70)/b20-17-,26-24-,30-25-. The van der Waals surface area contributed by atoms with Gasteiger partial charge in [0.15, 0.2) is 24.6 Å². The molecule has 12 nitrogen and oxygen atoms in total. The van der Waals surface area contributed by atoms with Crippen LogP contribution in [-0.4, -0.2) is 89.2 Å². The molecule has 0 aromatic heterocycles. The largest absolute Gasteiger partial charge is 0.479 e. The van der Waals surface area contributed by atoms with Crippen LogP contribution in [0.4, 0.5) is 0 Å². The van der Waals surface area contributed by atoms with Crippen LogP contribution in [0.15, 0.2) is 36.5 Å². The molecule has 1 rings (SSSR count). The molecular formula is C63H112O12. The summed E-state index contributed by atoms with van der Waals surface area (Å²) in [5.41, 5.74) is 0. The molecule has 1 heterocycles. The molecule has 0 aliphatic carbocycles. The highest BCUT2D eigenvalue weighted by molar-refractivity contribution is 5.74. The number of unbranched alkanes of at least 4 members (excludes halogenated alkanes) is 33. The highest BCUT2D eigenvalue weighted by Crippen LogP contribution is 2.27. The third-order valence-corrected chi connectivity index (χ3v) is 14.2. The first-order valence-electron chi connectivity index (χ1n) is 31.0. The molecule has 12 heteroatoms. The maximum atomic E-state index is 13.1. The topological polar surface area (TPSA) is 175 Å². The number of carbonyl (C=O) groups excluding carboxylic acids is 3. The Morgan fingerprint density at radius 2 is 0.800 bits per heavy atom. The van der Waals surface area contributed by atoms with Crippen LogP contribution in [0.2, 0.25) is 0 Å². The van der Waals surface area contributed by atoms with Crippen molar-refractivity contribution in [3.05, 3.63) is 36.5 Å². The summed E-state index contributed by atoms with van der Waals surface area (Å²) >= 11 is 0. The average Bonchev–Trinajstić information content (AvgIpc) is 3.39. The summed E-state index contributed by atoms with van der Waals surface area (Å²) in [6.07, 6.45) is 48.2. The summed E-state index contributed by atoms with van der Waals surface area (Å²) in [4.78, 5) is 51.1. The van der Waals surface area contributed by atoms with Crippen molar-refractivity contribution in [3.8, 4) is 0 Å². The lowest BCUT2D eigenvalue weighted by molar-refractivity contribution is -0.301. The smallest absolute Gasteiger partial charge is 0.335 e. The molecule has 0 radical (unpaired) electrons. The van der Waals surface area contributed by atoms with E-state index in [1.54, 1.807) is 0 Å². The van der Waals surface area contributed by atoms with Crippen molar-refractivity contribution in [2.24, 2.45) is 0 Å². The van der Waals surface area contributed by atoms with Gasteiger partial charge in [0.25, 0.3) is 0 Å². The number of carboxylic acids is 1. The van der Waals surface area contributed by atoms with Gasteiger partial charge in [-0.05, 0) is 77.0 Å². The van der Waals surface area contributed by atoms with Crippen molar-refractivity contribution in [2.45, 2.75) is 327 Å². The minimum absolute atomic E-state index is 0.0602. The minimum Gasteiger partial charge on any atom is -0.479 e. The van der Waals surface area contributed by atoms with Crippen LogP contribution in [0.5, 0.6) is 0 Å². The first-order valence-corrected chi connectivity index (χ1v) is 31.0. The van der Waals surface area contributed by atoms with Gasteiger partial charge < -0.3 is 39.0 Å². The summed E-state index contributed by atoms with van der Waals surface area (Å²) in [7, 11) is 0. The molecule has 1 aliphatic rings. The quantitative estimate of drug-likeness (QED) is 0.0228. The van der Waals surface area contributed by atoms with E-state index >= 15 is 0 Å². The second-order valence-electron chi connectivity index (χ2n) is 21.3. The first-order chi connectivity index (χ1) is 36.6. The number of ether oxygens (including phenoxy) is 5. The van der Waals surface area contributed by atoms with E-state index in [0.29, 0.717) is 19.3 Å². The molecule has 1 aliphatic heterocycles. The Labute approximate surface area is 457 Å². The van der Waals surface area contributed by atoms with Crippen LogP contribution in [-0.2, 0) is 42.9 Å². The van der Waals surface area contributed by atoms with Crippen molar-refractivity contribution in [1.82, 2.24) is 0 Å². The van der Waals surface area contributed by atoms with E-state index in [1.807, 2.05) is 0 Å². The van der Waals surface area contributed by atoms with Gasteiger partial charge in [-0.25, -0.2) is 4.79 Å². The maximum Gasteiger partial charge on any atom is 0.335 e. The Kier molecular flexibility index (Phi) is 48.2. The van der Waals surface area contributed by atoms with E-state index in [0.717, 1.165) is 96.3 Å². The zero-order valence-electron chi connectivity index (χ0n) is 48.1. The fraction of sp³-hybridized carbons (Fsp3) is 0.841. The molecule has 0 aromatic rings. The number of hydrogen-bond acceptors (Lipinski definition) is 11. The van der Waals surface area contributed by atoms with E-state index < -0.39 is 67.3 Å². The third kappa shape index (κ3) is 41.7. The highest BCUT2D eigenvalue weighted by Gasteiger charge is 2.50. The molecule has 6 atom stereocenters. The van der Waals surface area contributed by atoms with Crippen LogP contribution >= 0.6 is 0 Å².